The summed E-state index contributed by atoms with van der Waals surface area (Å²) in [6, 6.07) is 0. The van der Waals surface area contributed by atoms with E-state index in [1.165, 1.54) is 0 Å². The fourth-order valence-electron chi connectivity index (χ4n) is 1.21. The van der Waals surface area contributed by atoms with Crippen molar-refractivity contribution in [1.29, 1.82) is 0 Å². The fraction of sp³-hybridized carbons (Fsp3) is 0.857. The molecule has 1 heterocycles. The molecule has 0 saturated carbocycles. The molecule has 0 bridgehead atoms. The van der Waals surface area contributed by atoms with Gasteiger partial charge in [-0.2, -0.15) is 0 Å². The number of nitrogens with one attached hydrogen (secondary N) is 2. The third-order valence-electron chi connectivity index (χ3n) is 1.90. The van der Waals surface area contributed by atoms with Crippen LogP contribution in [-0.2, 0) is 14.2 Å². The van der Waals surface area contributed by atoms with E-state index in [2.05, 4.69) is 15.4 Å². The Hall–Kier alpha value is -1.34. The third kappa shape index (κ3) is 14.9. The van der Waals surface area contributed by atoms with Crippen molar-refractivity contribution in [1.82, 2.24) is 10.6 Å². The van der Waals surface area contributed by atoms with Gasteiger partial charge in [0.15, 0.2) is 0 Å². The smallest absolute Gasteiger partial charge is 0.428 e. The molecule has 21 heavy (non-hydrogen) atoms. The zero-order valence-electron chi connectivity index (χ0n) is 13.9. The second kappa shape index (κ2) is 8.84. The van der Waals surface area contributed by atoms with Gasteiger partial charge in [0.25, 0.3) is 0 Å². The lowest BCUT2D eigenvalue weighted by atomic mass is 10.2. The number of carbonyl (C=O) groups excluding carboxylic acids is 2. The Labute approximate surface area is 126 Å². The molecule has 1 aliphatic heterocycles. The van der Waals surface area contributed by atoms with Gasteiger partial charge < -0.3 is 24.8 Å². The molecule has 0 aliphatic carbocycles. The van der Waals surface area contributed by atoms with E-state index < -0.39 is 23.5 Å². The van der Waals surface area contributed by atoms with E-state index >= 15 is 0 Å². The van der Waals surface area contributed by atoms with E-state index in [1.807, 2.05) is 0 Å². The van der Waals surface area contributed by atoms with Crippen LogP contribution >= 0.6 is 0 Å². The van der Waals surface area contributed by atoms with Crippen LogP contribution in [0.2, 0.25) is 0 Å². The molecule has 2 N–H and O–H groups in total. The second-order valence-corrected chi connectivity index (χ2v) is 6.53. The highest BCUT2D eigenvalue weighted by molar-refractivity contribution is 5.77. The summed E-state index contributed by atoms with van der Waals surface area (Å²) >= 11 is 0. The third-order valence-corrected chi connectivity index (χ3v) is 1.90. The lowest BCUT2D eigenvalue weighted by molar-refractivity contribution is -0.0293. The minimum atomic E-state index is -1.06. The van der Waals surface area contributed by atoms with E-state index in [0.717, 1.165) is 26.2 Å². The van der Waals surface area contributed by atoms with Gasteiger partial charge >= 0.3 is 12.3 Å². The van der Waals surface area contributed by atoms with Crippen LogP contribution in [0.15, 0.2) is 0 Å². The van der Waals surface area contributed by atoms with Gasteiger partial charge in [-0.25, -0.2) is 9.59 Å². The largest absolute Gasteiger partial charge is 0.519 e. The summed E-state index contributed by atoms with van der Waals surface area (Å²) in [5.74, 6) is 0. The molecule has 124 valence electrons. The quantitative estimate of drug-likeness (QED) is 0.523. The molecule has 7 heteroatoms. The first kappa shape index (κ1) is 19.7. The zero-order chi connectivity index (χ0) is 16.5. The minimum absolute atomic E-state index is 0.695. The van der Waals surface area contributed by atoms with Crippen molar-refractivity contribution in [3.05, 3.63) is 0 Å². The van der Waals surface area contributed by atoms with Crippen LogP contribution in [-0.4, -0.2) is 49.7 Å². The van der Waals surface area contributed by atoms with Gasteiger partial charge in [-0.3, -0.25) is 0 Å². The van der Waals surface area contributed by atoms with Gasteiger partial charge in [0.05, 0.1) is 0 Å². The van der Waals surface area contributed by atoms with Gasteiger partial charge in [0.2, 0.25) is 0 Å². The maximum absolute atomic E-state index is 11.0. The highest BCUT2D eigenvalue weighted by atomic mass is 16.8. The fourth-order valence-corrected chi connectivity index (χ4v) is 1.21. The van der Waals surface area contributed by atoms with Crippen molar-refractivity contribution >= 4 is 12.3 Å². The Kier molecular flexibility index (Phi) is 8.27. The first-order valence-corrected chi connectivity index (χ1v) is 7.05. The van der Waals surface area contributed by atoms with E-state index in [9.17, 15) is 9.59 Å². The molecule has 0 spiro atoms. The van der Waals surface area contributed by atoms with Crippen LogP contribution in [0.4, 0.5) is 9.59 Å². The lowest BCUT2D eigenvalue weighted by Gasteiger charge is -2.20. The van der Waals surface area contributed by atoms with Gasteiger partial charge in [-0.05, 0) is 41.5 Å². The molecule has 1 saturated heterocycles. The van der Waals surface area contributed by atoms with E-state index in [0.29, 0.717) is 0 Å². The minimum Gasteiger partial charge on any atom is -0.428 e. The molecule has 7 nitrogen and oxygen atoms in total. The predicted octanol–water partition coefficient (Wildman–Crippen LogP) is 2.05. The second-order valence-electron chi connectivity index (χ2n) is 6.53. The number of ether oxygens (including phenoxy) is 3. The van der Waals surface area contributed by atoms with Crippen LogP contribution in [0, 0.1) is 0 Å². The van der Waals surface area contributed by atoms with Gasteiger partial charge in [-0.1, -0.05) is 0 Å². The van der Waals surface area contributed by atoms with Crippen LogP contribution in [0.25, 0.3) is 0 Å². The molecule has 0 aromatic carbocycles. The molecular formula is C14H28N2O5. The Morgan fingerprint density at radius 2 is 1.00 bits per heavy atom. The number of hydrogen-bond donors (Lipinski definition) is 2. The first-order chi connectivity index (χ1) is 9.49. The van der Waals surface area contributed by atoms with Gasteiger partial charge in [0.1, 0.15) is 11.2 Å². The normalized spacial score (nSPS) is 15.3. The summed E-state index contributed by atoms with van der Waals surface area (Å²) in [5.41, 5.74) is -1.39. The molecule has 1 fully saturated rings. The van der Waals surface area contributed by atoms with Crippen molar-refractivity contribution in [3.63, 3.8) is 0 Å². The van der Waals surface area contributed by atoms with Crippen molar-refractivity contribution < 1.29 is 23.8 Å². The molecule has 0 atom stereocenters. The maximum Gasteiger partial charge on any atom is 0.519 e. The highest BCUT2D eigenvalue weighted by Crippen LogP contribution is 2.11. The zero-order valence-corrected chi connectivity index (χ0v) is 13.9. The van der Waals surface area contributed by atoms with E-state index in [-0.39, 0.29) is 0 Å². The molecule has 0 aromatic rings. The van der Waals surface area contributed by atoms with Crippen LogP contribution < -0.4 is 10.6 Å². The Bertz CT molecular complexity index is 290. The lowest BCUT2D eigenvalue weighted by Crippen LogP contribution is -2.39. The average Bonchev–Trinajstić information content (AvgIpc) is 2.26. The van der Waals surface area contributed by atoms with Crippen LogP contribution in [0.1, 0.15) is 41.5 Å². The summed E-state index contributed by atoms with van der Waals surface area (Å²) in [5, 5.41) is 6.44. The SMILES string of the molecule is C1CNCCN1.CC(C)(C)OC(=O)OC(=O)OC(C)(C)C. The summed E-state index contributed by atoms with van der Waals surface area (Å²) in [6.07, 6.45) is -2.12. The number of rotatable bonds is 0. The van der Waals surface area contributed by atoms with Gasteiger partial charge in [-0.15, -0.1) is 0 Å². The average molecular weight is 304 g/mol. The summed E-state index contributed by atoms with van der Waals surface area (Å²) in [6.45, 7) is 14.6. The van der Waals surface area contributed by atoms with Crippen LogP contribution in [0.3, 0.4) is 0 Å². The molecule has 0 amide bonds. The summed E-state index contributed by atoms with van der Waals surface area (Å²) in [7, 11) is 0. The topological polar surface area (TPSA) is 85.9 Å². The van der Waals surface area contributed by atoms with Crippen molar-refractivity contribution in [2.45, 2.75) is 52.7 Å². The molecular weight excluding hydrogens is 276 g/mol. The number of hydrogen-bond acceptors (Lipinski definition) is 7. The molecule has 0 radical (unpaired) electrons. The van der Waals surface area contributed by atoms with E-state index in [4.69, 9.17) is 9.47 Å². The molecule has 1 rings (SSSR count). The maximum atomic E-state index is 11.0. The molecule has 0 unspecified atom stereocenters. The van der Waals surface area contributed by atoms with Crippen molar-refractivity contribution in [2.75, 3.05) is 26.2 Å². The van der Waals surface area contributed by atoms with Crippen molar-refractivity contribution in [3.8, 4) is 0 Å². The Balaban J connectivity index is 0.000000547. The Morgan fingerprint density at radius 3 is 1.19 bits per heavy atom. The standard InChI is InChI=1S/C10H18O5.C4H10N2/c1-9(2,3)14-7(11)13-8(12)15-10(4,5)6;1-2-6-4-3-5-1/h1-6H3;5-6H,1-4H2. The molecule has 1 aliphatic rings. The predicted molar refractivity (Wildman–Crippen MR) is 79.3 cm³/mol. The first-order valence-electron chi connectivity index (χ1n) is 7.05. The highest BCUT2D eigenvalue weighted by Gasteiger charge is 2.24. The summed E-state index contributed by atoms with van der Waals surface area (Å²) < 4.78 is 13.8. The monoisotopic (exact) mass is 304 g/mol. The summed E-state index contributed by atoms with van der Waals surface area (Å²) in [4.78, 5) is 22.0. The number of carbonyl (C=O) groups is 2. The van der Waals surface area contributed by atoms with E-state index in [1.54, 1.807) is 41.5 Å². The Morgan fingerprint density at radius 1 is 0.714 bits per heavy atom. The van der Waals surface area contributed by atoms with Gasteiger partial charge in [0, 0.05) is 26.2 Å². The van der Waals surface area contributed by atoms with Crippen molar-refractivity contribution in [2.24, 2.45) is 0 Å². The number of piperazine rings is 1. The molecule has 0 aromatic heterocycles. The van der Waals surface area contributed by atoms with Crippen LogP contribution in [0.5, 0.6) is 0 Å².